The van der Waals surface area contributed by atoms with Crippen molar-refractivity contribution in [2.45, 2.75) is 45.7 Å². The van der Waals surface area contributed by atoms with E-state index in [2.05, 4.69) is 39.5 Å². The standard InChI is InChI=1S/C18H34N6O.HI/c1-14-17(15(2)23(4)22-14)13-20-18(19-3)21-16-7-10-24(11-8-16)9-6-12-25-5;/h16H,6-13H2,1-5H3,(H2,19,20,21);1H. The number of aliphatic imine (C=N–C) groups is 1. The Morgan fingerprint density at radius 2 is 2.00 bits per heavy atom. The van der Waals surface area contributed by atoms with Gasteiger partial charge in [-0.05, 0) is 33.1 Å². The molecule has 1 aromatic rings. The number of methoxy groups -OCH3 is 1. The predicted molar refractivity (Wildman–Crippen MR) is 117 cm³/mol. The zero-order valence-electron chi connectivity index (χ0n) is 16.8. The number of hydrogen-bond acceptors (Lipinski definition) is 4. The van der Waals surface area contributed by atoms with Crippen molar-refractivity contribution < 1.29 is 4.74 Å². The summed E-state index contributed by atoms with van der Waals surface area (Å²) in [6.45, 7) is 9.17. The minimum Gasteiger partial charge on any atom is -0.385 e. The monoisotopic (exact) mass is 478 g/mol. The fourth-order valence-corrected chi connectivity index (χ4v) is 3.37. The molecule has 0 bridgehead atoms. The number of halogens is 1. The molecule has 1 aliphatic rings. The third-order valence-electron chi connectivity index (χ3n) is 5.07. The molecule has 1 aromatic heterocycles. The summed E-state index contributed by atoms with van der Waals surface area (Å²) in [4.78, 5) is 6.90. The quantitative estimate of drug-likeness (QED) is 0.271. The molecule has 150 valence electrons. The zero-order chi connectivity index (χ0) is 18.2. The lowest BCUT2D eigenvalue weighted by molar-refractivity contribution is 0.155. The Bertz CT molecular complexity index is 566. The van der Waals surface area contributed by atoms with Crippen LogP contribution in [0.5, 0.6) is 0 Å². The van der Waals surface area contributed by atoms with Crippen LogP contribution in [0.4, 0.5) is 0 Å². The van der Waals surface area contributed by atoms with Crippen LogP contribution in [0.25, 0.3) is 0 Å². The summed E-state index contributed by atoms with van der Waals surface area (Å²) < 4.78 is 7.07. The van der Waals surface area contributed by atoms with Crippen LogP contribution in [0, 0.1) is 13.8 Å². The molecule has 0 unspecified atom stereocenters. The van der Waals surface area contributed by atoms with E-state index in [0.29, 0.717) is 6.04 Å². The van der Waals surface area contributed by atoms with Gasteiger partial charge in [-0.15, -0.1) is 24.0 Å². The van der Waals surface area contributed by atoms with Crippen LogP contribution in [0.1, 0.15) is 36.2 Å². The second kappa shape index (κ2) is 11.8. The van der Waals surface area contributed by atoms with Crippen LogP contribution in [0.2, 0.25) is 0 Å². The molecule has 7 nitrogen and oxygen atoms in total. The van der Waals surface area contributed by atoms with Crippen LogP contribution in [0.15, 0.2) is 4.99 Å². The first-order valence-corrected chi connectivity index (χ1v) is 9.22. The molecule has 1 fully saturated rings. The number of guanidine groups is 1. The highest BCUT2D eigenvalue weighted by Gasteiger charge is 2.20. The van der Waals surface area contributed by atoms with Gasteiger partial charge in [0.25, 0.3) is 0 Å². The lowest BCUT2D eigenvalue weighted by Crippen LogP contribution is -2.48. The van der Waals surface area contributed by atoms with Gasteiger partial charge in [-0.1, -0.05) is 0 Å². The molecule has 8 heteroatoms. The maximum absolute atomic E-state index is 5.13. The average Bonchev–Trinajstić information content (AvgIpc) is 2.85. The van der Waals surface area contributed by atoms with Gasteiger partial charge in [0.15, 0.2) is 5.96 Å². The van der Waals surface area contributed by atoms with Gasteiger partial charge in [-0.25, -0.2) is 0 Å². The summed E-state index contributed by atoms with van der Waals surface area (Å²) in [5, 5.41) is 11.5. The Kier molecular flexibility index (Phi) is 10.5. The number of aryl methyl sites for hydroxylation is 2. The van der Waals surface area contributed by atoms with Gasteiger partial charge in [0.1, 0.15) is 0 Å². The molecule has 0 aliphatic carbocycles. The van der Waals surface area contributed by atoms with Crippen molar-refractivity contribution in [2.75, 3.05) is 40.4 Å². The van der Waals surface area contributed by atoms with E-state index < -0.39 is 0 Å². The van der Waals surface area contributed by atoms with Crippen molar-refractivity contribution in [3.63, 3.8) is 0 Å². The summed E-state index contributed by atoms with van der Waals surface area (Å²) in [5.74, 6) is 0.875. The Morgan fingerprint density at radius 1 is 1.31 bits per heavy atom. The van der Waals surface area contributed by atoms with E-state index in [-0.39, 0.29) is 24.0 Å². The van der Waals surface area contributed by atoms with E-state index in [1.54, 1.807) is 7.11 Å². The maximum Gasteiger partial charge on any atom is 0.191 e. The van der Waals surface area contributed by atoms with Gasteiger partial charge in [0.05, 0.1) is 5.69 Å². The van der Waals surface area contributed by atoms with E-state index in [4.69, 9.17) is 4.74 Å². The van der Waals surface area contributed by atoms with Crippen LogP contribution in [-0.4, -0.2) is 67.1 Å². The Hall–Kier alpha value is -0.870. The first kappa shape index (κ1) is 23.2. The van der Waals surface area contributed by atoms with Gasteiger partial charge in [-0.2, -0.15) is 5.10 Å². The predicted octanol–water partition coefficient (Wildman–Crippen LogP) is 1.82. The molecule has 2 heterocycles. The van der Waals surface area contributed by atoms with Crippen molar-refractivity contribution in [1.82, 2.24) is 25.3 Å². The lowest BCUT2D eigenvalue weighted by atomic mass is 10.1. The summed E-state index contributed by atoms with van der Waals surface area (Å²) >= 11 is 0. The van der Waals surface area contributed by atoms with Gasteiger partial charge < -0.3 is 20.3 Å². The summed E-state index contributed by atoms with van der Waals surface area (Å²) in [6, 6.07) is 0.487. The van der Waals surface area contributed by atoms with Crippen LogP contribution in [-0.2, 0) is 18.3 Å². The van der Waals surface area contributed by atoms with Gasteiger partial charge in [0, 0.05) is 71.3 Å². The number of ether oxygens (including phenoxy) is 1. The van der Waals surface area contributed by atoms with Gasteiger partial charge in [-0.3, -0.25) is 9.67 Å². The molecule has 0 spiro atoms. The fourth-order valence-electron chi connectivity index (χ4n) is 3.37. The van der Waals surface area contributed by atoms with Crippen LogP contribution in [0.3, 0.4) is 0 Å². The van der Waals surface area contributed by atoms with Crippen molar-refractivity contribution in [2.24, 2.45) is 12.0 Å². The number of piperidine rings is 1. The highest BCUT2D eigenvalue weighted by atomic mass is 127. The minimum atomic E-state index is 0. The van der Waals surface area contributed by atoms with Crippen molar-refractivity contribution >= 4 is 29.9 Å². The molecule has 1 saturated heterocycles. The molecule has 0 aromatic carbocycles. The lowest BCUT2D eigenvalue weighted by Gasteiger charge is -2.33. The molecule has 2 rings (SSSR count). The number of rotatable bonds is 7. The zero-order valence-corrected chi connectivity index (χ0v) is 19.2. The van der Waals surface area contributed by atoms with Crippen LogP contribution < -0.4 is 10.6 Å². The van der Waals surface area contributed by atoms with Crippen molar-refractivity contribution in [3.8, 4) is 0 Å². The van der Waals surface area contributed by atoms with E-state index >= 15 is 0 Å². The third-order valence-corrected chi connectivity index (χ3v) is 5.07. The maximum atomic E-state index is 5.13. The van der Waals surface area contributed by atoms with E-state index in [9.17, 15) is 0 Å². The van der Waals surface area contributed by atoms with Crippen molar-refractivity contribution in [3.05, 3.63) is 17.0 Å². The Balaban J connectivity index is 0.00000338. The first-order valence-electron chi connectivity index (χ1n) is 9.22. The van der Waals surface area contributed by atoms with Crippen LogP contribution >= 0.6 is 24.0 Å². The van der Waals surface area contributed by atoms with Gasteiger partial charge >= 0.3 is 0 Å². The summed E-state index contributed by atoms with van der Waals surface area (Å²) in [5.41, 5.74) is 3.52. The highest BCUT2D eigenvalue weighted by molar-refractivity contribution is 14.0. The Labute approximate surface area is 175 Å². The number of nitrogens with one attached hydrogen (secondary N) is 2. The Morgan fingerprint density at radius 3 is 2.54 bits per heavy atom. The largest absolute Gasteiger partial charge is 0.385 e. The summed E-state index contributed by atoms with van der Waals surface area (Å²) in [7, 11) is 5.58. The number of nitrogens with zero attached hydrogens (tertiary/aromatic N) is 4. The van der Waals surface area contributed by atoms with Crippen molar-refractivity contribution in [1.29, 1.82) is 0 Å². The molecular formula is C18H35IN6O. The molecule has 0 radical (unpaired) electrons. The minimum absolute atomic E-state index is 0. The molecule has 1 aliphatic heterocycles. The normalized spacial score (nSPS) is 16.4. The number of likely N-dealkylation sites (tertiary alicyclic amines) is 1. The summed E-state index contributed by atoms with van der Waals surface area (Å²) in [6.07, 6.45) is 3.42. The average molecular weight is 478 g/mol. The van der Waals surface area contributed by atoms with Gasteiger partial charge in [0.2, 0.25) is 0 Å². The molecule has 2 N–H and O–H groups in total. The molecular weight excluding hydrogens is 443 g/mol. The van der Waals surface area contributed by atoms with E-state index in [1.807, 2.05) is 18.8 Å². The molecule has 0 atom stereocenters. The second-order valence-corrected chi connectivity index (χ2v) is 6.81. The highest BCUT2D eigenvalue weighted by Crippen LogP contribution is 2.12. The molecule has 0 amide bonds. The topological polar surface area (TPSA) is 66.7 Å². The first-order chi connectivity index (χ1) is 12.0. The third kappa shape index (κ3) is 6.70. The van der Waals surface area contributed by atoms with E-state index in [1.165, 1.54) is 11.3 Å². The SMILES string of the molecule is CN=C(NCc1c(C)nn(C)c1C)NC1CCN(CCCOC)CC1.I. The molecule has 0 saturated carbocycles. The molecule has 26 heavy (non-hydrogen) atoms. The fraction of sp³-hybridized carbons (Fsp3) is 0.778. The smallest absolute Gasteiger partial charge is 0.191 e. The van der Waals surface area contributed by atoms with E-state index in [0.717, 1.165) is 63.7 Å². The number of hydrogen-bond donors (Lipinski definition) is 2. The number of aromatic nitrogens is 2. The second-order valence-electron chi connectivity index (χ2n) is 6.81.